The zero-order valence-corrected chi connectivity index (χ0v) is 13.4. The smallest absolute Gasteiger partial charge is 0.352 e. The van der Waals surface area contributed by atoms with E-state index in [1.807, 2.05) is 0 Å². The predicted molar refractivity (Wildman–Crippen MR) is 78.8 cm³/mol. The molecule has 0 aliphatic heterocycles. The third kappa shape index (κ3) is 3.13. The predicted octanol–water partition coefficient (Wildman–Crippen LogP) is 1.92. The van der Waals surface area contributed by atoms with E-state index >= 15 is 0 Å². The summed E-state index contributed by atoms with van der Waals surface area (Å²) in [5.41, 5.74) is 0.0543. The van der Waals surface area contributed by atoms with Gasteiger partial charge in [0, 0.05) is 19.3 Å². The van der Waals surface area contributed by atoms with E-state index in [9.17, 15) is 13.2 Å². The summed E-state index contributed by atoms with van der Waals surface area (Å²) >= 11 is 0. The third-order valence-electron chi connectivity index (χ3n) is 4.47. The molecule has 1 aromatic rings. The van der Waals surface area contributed by atoms with Gasteiger partial charge in [0.15, 0.2) is 0 Å². The highest BCUT2D eigenvalue weighted by Gasteiger charge is 2.45. The van der Waals surface area contributed by atoms with Crippen LogP contribution >= 0.6 is 0 Å². The van der Waals surface area contributed by atoms with Crippen molar-refractivity contribution in [1.29, 1.82) is 0 Å². The number of hydrogen-bond acceptors (Lipinski definition) is 3. The summed E-state index contributed by atoms with van der Waals surface area (Å²) in [5.74, 6) is -0.700. The first-order valence-electron chi connectivity index (χ1n) is 7.15. The highest BCUT2D eigenvalue weighted by atomic mass is 32.2. The second-order valence-corrected chi connectivity index (χ2v) is 7.76. The Hall–Kier alpha value is -1.34. The Morgan fingerprint density at radius 3 is 2.48 bits per heavy atom. The highest BCUT2D eigenvalue weighted by Crippen LogP contribution is 2.51. The van der Waals surface area contributed by atoms with Gasteiger partial charge < -0.3 is 9.67 Å². The minimum atomic E-state index is -3.67. The summed E-state index contributed by atoms with van der Waals surface area (Å²) < 4.78 is 28.7. The lowest BCUT2D eigenvalue weighted by Crippen LogP contribution is -2.32. The van der Waals surface area contributed by atoms with Crippen molar-refractivity contribution in [3.8, 4) is 0 Å². The number of carboxylic acids is 1. The van der Waals surface area contributed by atoms with Crippen molar-refractivity contribution in [1.82, 2.24) is 9.29 Å². The van der Waals surface area contributed by atoms with Gasteiger partial charge in [-0.15, -0.1) is 0 Å². The van der Waals surface area contributed by atoms with Crippen LogP contribution in [0.15, 0.2) is 17.2 Å². The average Bonchev–Trinajstić information content (AvgIpc) is 3.07. The Balaban J connectivity index is 2.18. The van der Waals surface area contributed by atoms with Crippen LogP contribution in [0.4, 0.5) is 0 Å². The largest absolute Gasteiger partial charge is 0.477 e. The second kappa shape index (κ2) is 5.46. The summed E-state index contributed by atoms with van der Waals surface area (Å²) in [6.45, 7) is 6.78. The van der Waals surface area contributed by atoms with Crippen LogP contribution in [-0.4, -0.2) is 30.6 Å². The number of nitrogens with one attached hydrogen (secondary N) is 1. The van der Waals surface area contributed by atoms with Gasteiger partial charge in [0.2, 0.25) is 10.0 Å². The number of aromatic nitrogens is 1. The molecule has 0 radical (unpaired) electrons. The molecular formula is C14H22N2O4S. The standard InChI is InChI=1S/C14H22N2O4S/c1-4-16-8-11(7-12(16)13(17)18)21(19,20)15-9-14(5-6-14)10(2)3/h7-8,10,15H,4-6,9H2,1-3H3,(H,17,18). The molecule has 7 heteroatoms. The van der Waals surface area contributed by atoms with Crippen LogP contribution in [0, 0.1) is 11.3 Å². The SMILES string of the molecule is CCn1cc(S(=O)(=O)NCC2(C(C)C)CC2)cc1C(=O)O. The van der Waals surface area contributed by atoms with E-state index in [2.05, 4.69) is 18.6 Å². The molecule has 1 saturated carbocycles. The van der Waals surface area contributed by atoms with Crippen molar-refractivity contribution in [2.24, 2.45) is 11.3 Å². The van der Waals surface area contributed by atoms with Crippen molar-refractivity contribution in [2.75, 3.05) is 6.54 Å². The molecule has 118 valence electrons. The van der Waals surface area contributed by atoms with Gasteiger partial charge in [0.1, 0.15) is 10.6 Å². The molecule has 0 atom stereocenters. The zero-order chi connectivity index (χ0) is 15.8. The number of aryl methyl sites for hydroxylation is 1. The highest BCUT2D eigenvalue weighted by molar-refractivity contribution is 7.89. The van der Waals surface area contributed by atoms with E-state index < -0.39 is 16.0 Å². The number of nitrogens with zero attached hydrogens (tertiary/aromatic N) is 1. The van der Waals surface area contributed by atoms with E-state index in [4.69, 9.17) is 5.11 Å². The lowest BCUT2D eigenvalue weighted by molar-refractivity contribution is 0.0685. The van der Waals surface area contributed by atoms with Crippen molar-refractivity contribution < 1.29 is 18.3 Å². The molecular weight excluding hydrogens is 292 g/mol. The van der Waals surface area contributed by atoms with Crippen LogP contribution < -0.4 is 4.72 Å². The Bertz CT molecular complexity index is 642. The maximum Gasteiger partial charge on any atom is 0.352 e. The van der Waals surface area contributed by atoms with Crippen molar-refractivity contribution in [2.45, 2.75) is 45.1 Å². The molecule has 6 nitrogen and oxygen atoms in total. The first-order chi connectivity index (χ1) is 9.72. The van der Waals surface area contributed by atoms with Gasteiger partial charge in [-0.05, 0) is 37.2 Å². The molecule has 0 saturated heterocycles. The van der Waals surface area contributed by atoms with E-state index in [1.54, 1.807) is 6.92 Å². The monoisotopic (exact) mass is 314 g/mol. The topological polar surface area (TPSA) is 88.4 Å². The van der Waals surface area contributed by atoms with Crippen LogP contribution in [-0.2, 0) is 16.6 Å². The normalized spacial score (nSPS) is 17.1. The van der Waals surface area contributed by atoms with Crippen LogP contribution in [0.2, 0.25) is 0 Å². The molecule has 1 aliphatic rings. The maximum absolute atomic E-state index is 12.3. The Labute approximate surface area is 125 Å². The van der Waals surface area contributed by atoms with Crippen molar-refractivity contribution in [3.63, 3.8) is 0 Å². The van der Waals surface area contributed by atoms with E-state index in [0.717, 1.165) is 12.8 Å². The van der Waals surface area contributed by atoms with Crippen LogP contribution in [0.1, 0.15) is 44.1 Å². The minimum absolute atomic E-state index is 0.0112. The molecule has 1 heterocycles. The maximum atomic E-state index is 12.3. The molecule has 21 heavy (non-hydrogen) atoms. The van der Waals surface area contributed by atoms with Gasteiger partial charge in [-0.2, -0.15) is 0 Å². The van der Waals surface area contributed by atoms with Crippen molar-refractivity contribution >= 4 is 16.0 Å². The molecule has 0 aromatic carbocycles. The fraction of sp³-hybridized carbons (Fsp3) is 0.643. The second-order valence-electron chi connectivity index (χ2n) is 5.99. The Morgan fingerprint density at radius 2 is 2.10 bits per heavy atom. The first kappa shape index (κ1) is 16.0. The molecule has 0 spiro atoms. The minimum Gasteiger partial charge on any atom is -0.477 e. The fourth-order valence-electron chi connectivity index (χ4n) is 2.51. The summed E-state index contributed by atoms with van der Waals surface area (Å²) in [6, 6.07) is 1.21. The van der Waals surface area contributed by atoms with Gasteiger partial charge in [0.25, 0.3) is 0 Å². The number of rotatable bonds is 7. The number of carbonyl (C=O) groups is 1. The van der Waals surface area contributed by atoms with Gasteiger partial charge >= 0.3 is 5.97 Å². The summed E-state index contributed by atoms with van der Waals surface area (Å²) in [4.78, 5) is 11.1. The van der Waals surface area contributed by atoms with Gasteiger partial charge in [-0.25, -0.2) is 17.9 Å². The zero-order valence-electron chi connectivity index (χ0n) is 12.6. The van der Waals surface area contributed by atoms with Crippen molar-refractivity contribution in [3.05, 3.63) is 18.0 Å². The number of hydrogen-bond donors (Lipinski definition) is 2. The number of carboxylic acid groups (broad SMARTS) is 1. The molecule has 1 fully saturated rings. The average molecular weight is 314 g/mol. The van der Waals surface area contributed by atoms with E-state index in [0.29, 0.717) is 19.0 Å². The molecule has 0 unspecified atom stereocenters. The lowest BCUT2D eigenvalue weighted by atomic mass is 9.93. The Morgan fingerprint density at radius 1 is 1.48 bits per heavy atom. The lowest BCUT2D eigenvalue weighted by Gasteiger charge is -2.19. The van der Waals surface area contributed by atoms with E-state index in [-0.39, 0.29) is 16.0 Å². The number of sulfonamides is 1. The van der Waals surface area contributed by atoms with Gasteiger partial charge in [-0.1, -0.05) is 13.8 Å². The molecule has 2 rings (SSSR count). The Kier molecular flexibility index (Phi) is 4.17. The summed E-state index contributed by atoms with van der Waals surface area (Å²) in [6.07, 6.45) is 3.44. The summed E-state index contributed by atoms with van der Waals surface area (Å²) in [7, 11) is -3.67. The van der Waals surface area contributed by atoms with E-state index in [1.165, 1.54) is 16.8 Å². The number of aromatic carboxylic acids is 1. The molecule has 1 aromatic heterocycles. The molecule has 0 amide bonds. The van der Waals surface area contributed by atoms with Gasteiger partial charge in [-0.3, -0.25) is 0 Å². The third-order valence-corrected chi connectivity index (χ3v) is 5.84. The van der Waals surface area contributed by atoms with Crippen LogP contribution in [0.5, 0.6) is 0 Å². The first-order valence-corrected chi connectivity index (χ1v) is 8.63. The summed E-state index contributed by atoms with van der Waals surface area (Å²) in [5, 5.41) is 9.08. The van der Waals surface area contributed by atoms with Crippen LogP contribution in [0.3, 0.4) is 0 Å². The molecule has 2 N–H and O–H groups in total. The van der Waals surface area contributed by atoms with Gasteiger partial charge in [0.05, 0.1) is 0 Å². The molecule has 1 aliphatic carbocycles. The van der Waals surface area contributed by atoms with Crippen LogP contribution in [0.25, 0.3) is 0 Å². The quantitative estimate of drug-likeness (QED) is 0.805. The fourth-order valence-corrected chi connectivity index (χ4v) is 3.69. The molecule has 0 bridgehead atoms.